The monoisotopic (exact) mass is 416 g/mol. The molecule has 1 atom stereocenters. The Balaban J connectivity index is 1.74. The number of H-pyrrole nitrogens is 1. The molecule has 0 aliphatic carbocycles. The molecule has 1 aromatic heterocycles. The Labute approximate surface area is 169 Å². The van der Waals surface area contributed by atoms with E-state index in [1.165, 1.54) is 12.1 Å². The maximum Gasteiger partial charge on any atom is 0.244 e. The molecule has 3 rings (SSSR count). The number of hydrogen-bond acceptors (Lipinski definition) is 5. The van der Waals surface area contributed by atoms with Gasteiger partial charge in [-0.1, -0.05) is 32.9 Å². The van der Waals surface area contributed by atoms with Crippen LogP contribution in [-0.4, -0.2) is 42.3 Å². The van der Waals surface area contributed by atoms with Crippen molar-refractivity contribution >= 4 is 32.5 Å². The molecular weight excluding hydrogens is 392 g/mol. The largest absolute Gasteiger partial charge is 0.394 e. The molecule has 0 unspecified atom stereocenters. The molecule has 0 saturated heterocycles. The lowest BCUT2D eigenvalue weighted by atomic mass is 9.87. The number of aliphatic hydroxyl groups excluding tert-OH is 1. The number of aliphatic hydroxyl groups is 1. The van der Waals surface area contributed by atoms with E-state index >= 15 is 0 Å². The maximum atomic E-state index is 12.6. The molecule has 0 saturated carbocycles. The number of nitrogens with zero attached hydrogens (tertiary/aromatic N) is 1. The molecule has 154 valence electrons. The van der Waals surface area contributed by atoms with Crippen LogP contribution in [0.15, 0.2) is 53.6 Å². The summed E-state index contributed by atoms with van der Waals surface area (Å²) in [5, 5.41) is 19.7. The number of nitrogens with one attached hydrogen (secondary N) is 3. The molecule has 0 aliphatic heterocycles. The highest BCUT2D eigenvalue weighted by Gasteiger charge is 2.26. The zero-order valence-corrected chi connectivity index (χ0v) is 17.2. The molecule has 0 aliphatic rings. The van der Waals surface area contributed by atoms with Gasteiger partial charge >= 0.3 is 0 Å². The van der Waals surface area contributed by atoms with Crippen LogP contribution in [0.3, 0.4) is 0 Å². The Morgan fingerprint density at radius 2 is 1.86 bits per heavy atom. The zero-order valence-electron chi connectivity index (χ0n) is 16.4. The first-order chi connectivity index (χ1) is 13.6. The van der Waals surface area contributed by atoms with Crippen molar-refractivity contribution in [2.24, 2.45) is 0 Å². The van der Waals surface area contributed by atoms with Gasteiger partial charge in [-0.2, -0.15) is 9.82 Å². The van der Waals surface area contributed by atoms with Crippen LogP contribution in [0.1, 0.15) is 26.3 Å². The second-order valence-corrected chi connectivity index (χ2v) is 9.51. The van der Waals surface area contributed by atoms with Gasteiger partial charge in [0.1, 0.15) is 6.04 Å². The summed E-state index contributed by atoms with van der Waals surface area (Å²) >= 11 is 0. The van der Waals surface area contributed by atoms with Gasteiger partial charge in [0.25, 0.3) is 0 Å². The third-order valence-corrected chi connectivity index (χ3v) is 6.02. The Kier molecular flexibility index (Phi) is 5.74. The molecule has 9 heteroatoms. The lowest BCUT2D eigenvalue weighted by Crippen LogP contribution is -2.46. The molecule has 0 bridgehead atoms. The number of sulfonamides is 1. The van der Waals surface area contributed by atoms with Crippen LogP contribution in [0, 0.1) is 0 Å². The summed E-state index contributed by atoms with van der Waals surface area (Å²) in [5.41, 5.74) is 2.06. The molecule has 1 amide bonds. The summed E-state index contributed by atoms with van der Waals surface area (Å²) in [6.07, 6.45) is 1.65. The van der Waals surface area contributed by atoms with E-state index in [2.05, 4.69) is 20.2 Å². The molecule has 0 fully saturated rings. The lowest BCUT2D eigenvalue weighted by molar-refractivity contribution is -0.118. The van der Waals surface area contributed by atoms with E-state index in [9.17, 15) is 18.3 Å². The number of fused-ring (bicyclic) bond motifs is 1. The fourth-order valence-corrected chi connectivity index (χ4v) is 3.99. The fraction of sp³-hybridized carbons (Fsp3) is 0.300. The van der Waals surface area contributed by atoms with Gasteiger partial charge in [-0.25, -0.2) is 8.42 Å². The van der Waals surface area contributed by atoms with E-state index in [1.54, 1.807) is 36.5 Å². The average molecular weight is 417 g/mol. The Morgan fingerprint density at radius 3 is 2.48 bits per heavy atom. The van der Waals surface area contributed by atoms with Crippen LogP contribution in [0.25, 0.3) is 10.9 Å². The summed E-state index contributed by atoms with van der Waals surface area (Å²) in [7, 11) is -3.98. The number of carbonyl (C=O) groups excluding carboxylic acids is 1. The summed E-state index contributed by atoms with van der Waals surface area (Å²) in [5.74, 6) is -0.666. The first-order valence-electron chi connectivity index (χ1n) is 9.08. The van der Waals surface area contributed by atoms with Crippen molar-refractivity contribution in [2.45, 2.75) is 37.1 Å². The van der Waals surface area contributed by atoms with E-state index in [-0.39, 0.29) is 10.3 Å². The number of carbonyl (C=O) groups is 1. The van der Waals surface area contributed by atoms with Gasteiger partial charge in [0, 0.05) is 11.1 Å². The lowest BCUT2D eigenvalue weighted by Gasteiger charge is -2.20. The quantitative estimate of drug-likeness (QED) is 0.490. The number of rotatable bonds is 6. The first kappa shape index (κ1) is 21.0. The first-order valence-corrected chi connectivity index (χ1v) is 10.6. The molecule has 3 aromatic rings. The smallest absolute Gasteiger partial charge is 0.244 e. The van der Waals surface area contributed by atoms with Crippen LogP contribution in [-0.2, 0) is 20.2 Å². The van der Waals surface area contributed by atoms with Crippen molar-refractivity contribution in [1.29, 1.82) is 0 Å². The highest BCUT2D eigenvalue weighted by atomic mass is 32.2. The van der Waals surface area contributed by atoms with Gasteiger partial charge in [0.15, 0.2) is 0 Å². The normalized spacial score (nSPS) is 13.4. The van der Waals surface area contributed by atoms with Gasteiger partial charge in [-0.15, -0.1) is 0 Å². The maximum absolute atomic E-state index is 12.6. The van der Waals surface area contributed by atoms with Crippen LogP contribution >= 0.6 is 0 Å². The molecule has 1 heterocycles. The molecule has 2 aromatic carbocycles. The summed E-state index contributed by atoms with van der Waals surface area (Å²) in [4.78, 5) is 12.5. The standard InChI is InChI=1S/C20H24N4O4S/c1-20(2,3)14-5-8-16(9-6-14)29(27,28)24-18(12-25)19(26)22-15-7-4-13-11-21-23-17(13)10-15/h4-11,18,24-25H,12H2,1-3H3,(H,21,23)(H,22,26)/t18-/m0/s1. The topological polar surface area (TPSA) is 124 Å². The van der Waals surface area contributed by atoms with Crippen LogP contribution in [0.2, 0.25) is 0 Å². The van der Waals surface area contributed by atoms with Crippen molar-refractivity contribution in [1.82, 2.24) is 14.9 Å². The van der Waals surface area contributed by atoms with Crippen molar-refractivity contribution in [3.63, 3.8) is 0 Å². The number of aromatic amines is 1. The van der Waals surface area contributed by atoms with E-state index in [0.717, 1.165) is 16.5 Å². The summed E-state index contributed by atoms with van der Waals surface area (Å²) in [6, 6.07) is 10.2. The Morgan fingerprint density at radius 1 is 1.17 bits per heavy atom. The van der Waals surface area contributed by atoms with Crippen molar-refractivity contribution in [2.75, 3.05) is 11.9 Å². The van der Waals surface area contributed by atoms with Crippen molar-refractivity contribution in [3.8, 4) is 0 Å². The molecule has 4 N–H and O–H groups in total. The molecule has 8 nitrogen and oxygen atoms in total. The third-order valence-electron chi connectivity index (χ3n) is 4.54. The van der Waals surface area contributed by atoms with Crippen LogP contribution in [0.4, 0.5) is 5.69 Å². The van der Waals surface area contributed by atoms with E-state index in [1.807, 2.05) is 20.8 Å². The van der Waals surface area contributed by atoms with Crippen LogP contribution in [0.5, 0.6) is 0 Å². The molecule has 0 radical (unpaired) electrons. The predicted octanol–water partition coefficient (Wildman–Crippen LogP) is 2.14. The number of aromatic nitrogens is 2. The van der Waals surface area contributed by atoms with E-state index in [0.29, 0.717) is 5.69 Å². The number of hydrogen-bond donors (Lipinski definition) is 4. The highest BCUT2D eigenvalue weighted by molar-refractivity contribution is 7.89. The Bertz CT molecular complexity index is 1120. The summed E-state index contributed by atoms with van der Waals surface area (Å²) in [6.45, 7) is 5.40. The van der Waals surface area contributed by atoms with Gasteiger partial charge in [-0.05, 0) is 41.3 Å². The molecule has 0 spiro atoms. The zero-order chi connectivity index (χ0) is 21.2. The van der Waals surface area contributed by atoms with Gasteiger partial charge < -0.3 is 10.4 Å². The highest BCUT2D eigenvalue weighted by Crippen LogP contribution is 2.23. The van der Waals surface area contributed by atoms with E-state index < -0.39 is 28.6 Å². The SMILES string of the molecule is CC(C)(C)c1ccc(S(=O)(=O)N[C@@H](CO)C(=O)Nc2ccc3cn[nH]c3c2)cc1. The third kappa shape index (κ3) is 4.81. The van der Waals surface area contributed by atoms with Gasteiger partial charge in [-0.3, -0.25) is 9.89 Å². The minimum Gasteiger partial charge on any atom is -0.394 e. The molecular formula is C20H24N4O4S. The number of anilines is 1. The van der Waals surface area contributed by atoms with E-state index in [4.69, 9.17) is 0 Å². The van der Waals surface area contributed by atoms with Gasteiger partial charge in [0.05, 0.1) is 23.2 Å². The fourth-order valence-electron chi connectivity index (χ4n) is 2.81. The number of benzene rings is 2. The van der Waals surface area contributed by atoms with Crippen LogP contribution < -0.4 is 10.0 Å². The minimum atomic E-state index is -3.98. The average Bonchev–Trinajstić information content (AvgIpc) is 3.13. The Hall–Kier alpha value is -2.75. The molecule has 29 heavy (non-hydrogen) atoms. The van der Waals surface area contributed by atoms with Gasteiger partial charge in [0.2, 0.25) is 15.9 Å². The second-order valence-electron chi connectivity index (χ2n) is 7.79. The second kappa shape index (κ2) is 7.94. The van der Waals surface area contributed by atoms with Crippen molar-refractivity contribution in [3.05, 3.63) is 54.2 Å². The van der Waals surface area contributed by atoms with Crippen molar-refractivity contribution < 1.29 is 18.3 Å². The summed E-state index contributed by atoms with van der Waals surface area (Å²) < 4.78 is 27.5. The predicted molar refractivity (Wildman–Crippen MR) is 111 cm³/mol. The number of amides is 1. The minimum absolute atomic E-state index is 0.0237.